The Labute approximate surface area is 186 Å². The summed E-state index contributed by atoms with van der Waals surface area (Å²) in [6.07, 6.45) is 11.0. The van der Waals surface area contributed by atoms with Gasteiger partial charge in [-0.3, -0.25) is 0 Å². The van der Waals surface area contributed by atoms with Crippen LogP contribution in [0.2, 0.25) is 0 Å². The molecular formula is C17H35KO4S. The van der Waals surface area contributed by atoms with Gasteiger partial charge in [-0.05, 0) is 32.1 Å². The van der Waals surface area contributed by atoms with Crippen LogP contribution in [-0.2, 0) is 10.1 Å². The number of hydrogen-bond acceptors (Lipinski definition) is 4. The fourth-order valence-electron chi connectivity index (χ4n) is 2.76. The number of hydrogen-bond donors (Lipinski definition) is 1. The maximum Gasteiger partial charge on any atom is 1.00 e. The van der Waals surface area contributed by atoms with E-state index in [-0.39, 0.29) is 57.5 Å². The summed E-state index contributed by atoms with van der Waals surface area (Å²) in [5.74, 6) is 0. The largest absolute Gasteiger partial charge is 1.00 e. The molecule has 0 fully saturated rings. The zero-order chi connectivity index (χ0) is 16.8. The van der Waals surface area contributed by atoms with Crippen molar-refractivity contribution in [2.75, 3.05) is 0 Å². The molecule has 0 aliphatic heterocycles. The average molecular weight is 375 g/mol. The number of aliphatic hydroxyl groups excluding tert-OH is 1. The molecule has 2 unspecified atom stereocenters. The van der Waals surface area contributed by atoms with Crippen LogP contribution in [-0.4, -0.2) is 29.4 Å². The number of aliphatic hydroxyl groups is 1. The van der Waals surface area contributed by atoms with Crippen LogP contribution in [0.5, 0.6) is 0 Å². The van der Waals surface area contributed by atoms with E-state index in [0.717, 1.165) is 51.4 Å². The summed E-state index contributed by atoms with van der Waals surface area (Å²) in [5, 5.41) is 9.07. The molecule has 0 bridgehead atoms. The Kier molecular flexibility index (Phi) is 19.7. The van der Waals surface area contributed by atoms with E-state index in [9.17, 15) is 18.1 Å². The van der Waals surface area contributed by atoms with Crippen molar-refractivity contribution in [1.29, 1.82) is 0 Å². The zero-order valence-corrected chi connectivity index (χ0v) is 19.4. The van der Waals surface area contributed by atoms with E-state index < -0.39 is 15.4 Å². The maximum atomic E-state index is 11.3. The van der Waals surface area contributed by atoms with Gasteiger partial charge in [0.2, 0.25) is 0 Å². The van der Waals surface area contributed by atoms with Crippen molar-refractivity contribution >= 4 is 10.1 Å². The molecule has 1 N–H and O–H groups in total. The third-order valence-electron chi connectivity index (χ3n) is 4.24. The smallest absolute Gasteiger partial charge is 0.748 e. The molecule has 0 saturated heterocycles. The molecule has 4 nitrogen and oxygen atoms in total. The summed E-state index contributed by atoms with van der Waals surface area (Å²) in [7, 11) is -4.21. The van der Waals surface area contributed by atoms with Crippen LogP contribution in [0.1, 0.15) is 97.3 Å². The third-order valence-corrected chi connectivity index (χ3v) is 5.53. The van der Waals surface area contributed by atoms with Gasteiger partial charge in [-0.25, -0.2) is 8.42 Å². The first kappa shape index (κ1) is 26.7. The van der Waals surface area contributed by atoms with E-state index in [1.165, 1.54) is 6.42 Å². The van der Waals surface area contributed by atoms with Crippen LogP contribution >= 0.6 is 0 Å². The van der Waals surface area contributed by atoms with Crippen molar-refractivity contribution in [3.63, 3.8) is 0 Å². The van der Waals surface area contributed by atoms with Gasteiger partial charge in [-0.1, -0.05) is 65.2 Å². The first-order valence-corrected chi connectivity index (χ1v) is 10.5. The summed E-state index contributed by atoms with van der Waals surface area (Å²) in [6.45, 7) is 4.26. The Morgan fingerprint density at radius 3 is 1.78 bits per heavy atom. The second kappa shape index (κ2) is 16.9. The Morgan fingerprint density at radius 1 is 0.783 bits per heavy atom. The summed E-state index contributed by atoms with van der Waals surface area (Å²) < 4.78 is 34.0. The van der Waals surface area contributed by atoms with Gasteiger partial charge in [-0.15, -0.1) is 0 Å². The van der Waals surface area contributed by atoms with Gasteiger partial charge < -0.3 is 9.66 Å². The summed E-state index contributed by atoms with van der Waals surface area (Å²) in [4.78, 5) is 0. The molecule has 0 aromatic rings. The molecule has 0 heterocycles. The minimum atomic E-state index is -4.21. The van der Waals surface area contributed by atoms with E-state index in [0.29, 0.717) is 25.7 Å². The van der Waals surface area contributed by atoms with Gasteiger partial charge in [0.1, 0.15) is 0 Å². The Bertz CT molecular complexity index is 347. The van der Waals surface area contributed by atoms with Gasteiger partial charge >= 0.3 is 51.4 Å². The molecule has 0 aromatic carbocycles. The van der Waals surface area contributed by atoms with Gasteiger partial charge in [-0.2, -0.15) is 0 Å². The van der Waals surface area contributed by atoms with E-state index in [4.69, 9.17) is 0 Å². The van der Waals surface area contributed by atoms with Gasteiger partial charge in [0, 0.05) is 5.25 Å². The van der Waals surface area contributed by atoms with E-state index in [2.05, 4.69) is 13.8 Å². The normalized spacial score (nSPS) is 14.3. The van der Waals surface area contributed by atoms with Crippen LogP contribution in [0.3, 0.4) is 0 Å². The molecule has 0 aromatic heterocycles. The zero-order valence-electron chi connectivity index (χ0n) is 15.4. The fourth-order valence-corrected chi connectivity index (χ4v) is 3.67. The summed E-state index contributed by atoms with van der Waals surface area (Å²) in [6, 6.07) is 0. The molecule has 0 spiro atoms. The standard InChI is InChI=1S/C17H36O4S.K/c1-3-5-7-8-10-14-17(22(19,20)21)15-11-13-16(18)12-9-6-4-2;/h16-18H,3-15H2,1-2H3,(H,19,20,21);/q;+1/p-1. The molecule has 0 amide bonds. The summed E-state index contributed by atoms with van der Waals surface area (Å²) >= 11 is 0. The molecule has 6 heteroatoms. The Hall–Kier alpha value is 1.51. The maximum absolute atomic E-state index is 11.3. The summed E-state index contributed by atoms with van der Waals surface area (Å²) in [5.41, 5.74) is 0. The van der Waals surface area contributed by atoms with Crippen molar-refractivity contribution in [1.82, 2.24) is 0 Å². The molecule has 23 heavy (non-hydrogen) atoms. The Morgan fingerprint density at radius 2 is 1.22 bits per heavy atom. The monoisotopic (exact) mass is 374 g/mol. The fraction of sp³-hybridized carbons (Fsp3) is 1.00. The molecular weight excluding hydrogens is 339 g/mol. The minimum absolute atomic E-state index is 0. The molecule has 2 atom stereocenters. The van der Waals surface area contributed by atoms with Crippen molar-refractivity contribution in [3.05, 3.63) is 0 Å². The minimum Gasteiger partial charge on any atom is -0.748 e. The SMILES string of the molecule is CCCCCCCC(CCCC(O)CCCCC)S(=O)(=O)[O-].[K+]. The van der Waals surface area contributed by atoms with Gasteiger partial charge in [0.15, 0.2) is 0 Å². The van der Waals surface area contributed by atoms with Crippen LogP contribution in [0.15, 0.2) is 0 Å². The molecule has 0 radical (unpaired) electrons. The van der Waals surface area contributed by atoms with Crippen molar-refractivity contribution < 1.29 is 69.5 Å². The van der Waals surface area contributed by atoms with Crippen LogP contribution in [0, 0.1) is 0 Å². The molecule has 0 aliphatic rings. The Balaban J connectivity index is 0. The van der Waals surface area contributed by atoms with Crippen LogP contribution in [0.4, 0.5) is 0 Å². The average Bonchev–Trinajstić information content (AvgIpc) is 2.44. The first-order chi connectivity index (χ1) is 10.4. The van der Waals surface area contributed by atoms with E-state index >= 15 is 0 Å². The molecule has 0 aliphatic carbocycles. The number of rotatable bonds is 15. The van der Waals surface area contributed by atoms with E-state index in [1.54, 1.807) is 0 Å². The van der Waals surface area contributed by atoms with Gasteiger partial charge in [0.05, 0.1) is 16.2 Å². The topological polar surface area (TPSA) is 77.4 Å². The van der Waals surface area contributed by atoms with Crippen LogP contribution < -0.4 is 51.4 Å². The van der Waals surface area contributed by atoms with Crippen LogP contribution in [0.25, 0.3) is 0 Å². The molecule has 0 rings (SSSR count). The third kappa shape index (κ3) is 16.7. The predicted octanol–water partition coefficient (Wildman–Crippen LogP) is 1.38. The van der Waals surface area contributed by atoms with Gasteiger partial charge in [0.25, 0.3) is 0 Å². The van der Waals surface area contributed by atoms with E-state index in [1.807, 2.05) is 0 Å². The molecule has 0 saturated carbocycles. The van der Waals surface area contributed by atoms with Crippen molar-refractivity contribution in [2.24, 2.45) is 0 Å². The second-order valence-electron chi connectivity index (χ2n) is 6.40. The first-order valence-electron chi connectivity index (χ1n) is 9.04. The second-order valence-corrected chi connectivity index (χ2v) is 8.05. The van der Waals surface area contributed by atoms with Crippen molar-refractivity contribution in [3.8, 4) is 0 Å². The van der Waals surface area contributed by atoms with Crippen molar-refractivity contribution in [2.45, 2.75) is 109 Å². The molecule has 134 valence electrons. The predicted molar refractivity (Wildman–Crippen MR) is 90.9 cm³/mol. The number of unbranched alkanes of at least 4 members (excludes halogenated alkanes) is 6. The quantitative estimate of drug-likeness (QED) is 0.267.